The SMILES string of the molecule is O=S(=O)([O-])CCNC1CC=CC1. The van der Waals surface area contributed by atoms with Crippen LogP contribution in [0.1, 0.15) is 12.8 Å². The van der Waals surface area contributed by atoms with Gasteiger partial charge in [0.15, 0.2) is 0 Å². The number of rotatable bonds is 4. The molecule has 5 heteroatoms. The van der Waals surface area contributed by atoms with Crippen LogP contribution in [0.25, 0.3) is 0 Å². The summed E-state index contributed by atoms with van der Waals surface area (Å²) in [7, 11) is -4.05. The van der Waals surface area contributed by atoms with Gasteiger partial charge < -0.3 is 9.87 Å². The second-order valence-electron chi connectivity index (χ2n) is 2.86. The van der Waals surface area contributed by atoms with E-state index in [0.717, 1.165) is 12.8 Å². The Morgan fingerprint density at radius 2 is 2.00 bits per heavy atom. The number of hydrogen-bond acceptors (Lipinski definition) is 4. The highest BCUT2D eigenvalue weighted by Crippen LogP contribution is 2.08. The third-order valence-corrected chi connectivity index (χ3v) is 2.50. The minimum absolute atomic E-state index is 0.262. The van der Waals surface area contributed by atoms with Gasteiger partial charge in [-0.15, -0.1) is 0 Å². The van der Waals surface area contributed by atoms with Crippen molar-refractivity contribution in [2.75, 3.05) is 12.3 Å². The highest BCUT2D eigenvalue weighted by molar-refractivity contribution is 7.85. The molecule has 0 bridgehead atoms. The van der Waals surface area contributed by atoms with Crippen molar-refractivity contribution in [3.63, 3.8) is 0 Å². The van der Waals surface area contributed by atoms with Crippen LogP contribution in [0, 0.1) is 0 Å². The van der Waals surface area contributed by atoms with Crippen molar-refractivity contribution in [1.82, 2.24) is 5.32 Å². The fourth-order valence-corrected chi connectivity index (χ4v) is 1.54. The van der Waals surface area contributed by atoms with Crippen molar-refractivity contribution in [2.24, 2.45) is 0 Å². The van der Waals surface area contributed by atoms with Crippen molar-refractivity contribution >= 4 is 10.1 Å². The Morgan fingerprint density at radius 3 is 2.50 bits per heavy atom. The summed E-state index contributed by atoms with van der Waals surface area (Å²) in [5.74, 6) is -0.316. The lowest BCUT2D eigenvalue weighted by Gasteiger charge is -2.12. The van der Waals surface area contributed by atoms with E-state index in [1.165, 1.54) is 0 Å². The molecule has 0 fully saturated rings. The lowest BCUT2D eigenvalue weighted by molar-refractivity contribution is 0.457. The second-order valence-corrected chi connectivity index (χ2v) is 4.38. The Balaban J connectivity index is 2.11. The molecule has 0 aliphatic heterocycles. The summed E-state index contributed by atoms with van der Waals surface area (Å²) >= 11 is 0. The van der Waals surface area contributed by atoms with Crippen LogP contribution in [-0.4, -0.2) is 31.3 Å². The van der Waals surface area contributed by atoms with Gasteiger partial charge in [-0.2, -0.15) is 0 Å². The van der Waals surface area contributed by atoms with E-state index in [1.807, 2.05) is 12.2 Å². The third-order valence-electron chi connectivity index (χ3n) is 1.79. The average molecular weight is 190 g/mol. The van der Waals surface area contributed by atoms with Gasteiger partial charge in [0.05, 0.1) is 15.9 Å². The van der Waals surface area contributed by atoms with E-state index in [-0.39, 0.29) is 12.3 Å². The van der Waals surface area contributed by atoms with Crippen molar-refractivity contribution in [2.45, 2.75) is 18.9 Å². The van der Waals surface area contributed by atoms with Crippen LogP contribution in [0.2, 0.25) is 0 Å². The lowest BCUT2D eigenvalue weighted by Crippen LogP contribution is -2.31. The average Bonchev–Trinajstić information content (AvgIpc) is 2.36. The van der Waals surface area contributed by atoms with Crippen LogP contribution in [0.4, 0.5) is 0 Å². The molecule has 4 nitrogen and oxygen atoms in total. The molecule has 0 saturated heterocycles. The van der Waals surface area contributed by atoms with Gasteiger partial charge in [-0.05, 0) is 12.8 Å². The molecule has 0 unspecified atom stereocenters. The maximum Gasteiger partial charge on any atom is 0.0958 e. The van der Waals surface area contributed by atoms with Gasteiger partial charge in [-0.3, -0.25) is 0 Å². The predicted molar refractivity (Wildman–Crippen MR) is 44.7 cm³/mol. The van der Waals surface area contributed by atoms with E-state index < -0.39 is 10.1 Å². The highest BCUT2D eigenvalue weighted by Gasteiger charge is 2.08. The normalized spacial score (nSPS) is 18.8. The zero-order chi connectivity index (χ0) is 9.03. The minimum atomic E-state index is -4.05. The Hall–Kier alpha value is -0.390. The first-order valence-electron chi connectivity index (χ1n) is 3.90. The monoisotopic (exact) mass is 190 g/mol. The van der Waals surface area contributed by atoms with E-state index in [2.05, 4.69) is 5.32 Å². The first-order chi connectivity index (χ1) is 5.58. The number of hydrogen-bond donors (Lipinski definition) is 1. The van der Waals surface area contributed by atoms with Crippen LogP contribution in [0.3, 0.4) is 0 Å². The van der Waals surface area contributed by atoms with Crippen molar-refractivity contribution in [3.05, 3.63) is 12.2 Å². The summed E-state index contributed by atoms with van der Waals surface area (Å²) in [4.78, 5) is 0. The summed E-state index contributed by atoms with van der Waals surface area (Å²) in [5.41, 5.74) is 0. The Morgan fingerprint density at radius 1 is 1.42 bits per heavy atom. The van der Waals surface area contributed by atoms with Crippen LogP contribution in [0.15, 0.2) is 12.2 Å². The zero-order valence-electron chi connectivity index (χ0n) is 6.69. The molecule has 0 atom stereocenters. The molecule has 70 valence electrons. The largest absolute Gasteiger partial charge is 0.748 e. The van der Waals surface area contributed by atoms with Crippen LogP contribution >= 0.6 is 0 Å². The molecule has 0 aromatic rings. The minimum Gasteiger partial charge on any atom is -0.748 e. The molecule has 0 heterocycles. The highest BCUT2D eigenvalue weighted by atomic mass is 32.2. The zero-order valence-corrected chi connectivity index (χ0v) is 7.51. The Kier molecular flexibility index (Phi) is 3.25. The van der Waals surface area contributed by atoms with Crippen LogP contribution < -0.4 is 5.32 Å². The summed E-state index contributed by atoms with van der Waals surface area (Å²) in [5, 5.41) is 3.00. The fraction of sp³-hybridized carbons (Fsp3) is 0.714. The molecule has 1 aliphatic rings. The maximum atomic E-state index is 10.2. The van der Waals surface area contributed by atoms with Gasteiger partial charge >= 0.3 is 0 Å². The molecule has 0 saturated carbocycles. The van der Waals surface area contributed by atoms with Crippen molar-refractivity contribution in [3.8, 4) is 0 Å². The molecular formula is C7H12NO3S-. The first kappa shape index (κ1) is 9.70. The summed E-state index contributed by atoms with van der Waals surface area (Å²) in [6, 6.07) is 0.326. The van der Waals surface area contributed by atoms with Gasteiger partial charge in [0.2, 0.25) is 0 Å². The third kappa shape index (κ3) is 3.85. The second kappa shape index (κ2) is 4.02. The Bertz CT molecular complexity index is 250. The summed E-state index contributed by atoms with van der Waals surface area (Å²) in [6.07, 6.45) is 5.95. The van der Waals surface area contributed by atoms with Crippen LogP contribution in [0.5, 0.6) is 0 Å². The maximum absolute atomic E-state index is 10.2. The molecule has 0 aromatic heterocycles. The molecule has 1 aliphatic carbocycles. The van der Waals surface area contributed by atoms with Gasteiger partial charge in [0.1, 0.15) is 0 Å². The van der Waals surface area contributed by atoms with E-state index in [0.29, 0.717) is 6.04 Å². The fourth-order valence-electron chi connectivity index (χ4n) is 1.17. The Labute approximate surface area is 72.4 Å². The first-order valence-corrected chi connectivity index (χ1v) is 5.47. The summed E-state index contributed by atoms with van der Waals surface area (Å²) in [6.45, 7) is 0.262. The van der Waals surface area contributed by atoms with E-state index in [1.54, 1.807) is 0 Å². The van der Waals surface area contributed by atoms with E-state index in [4.69, 9.17) is 0 Å². The molecule has 0 aromatic carbocycles. The van der Waals surface area contributed by atoms with E-state index >= 15 is 0 Å². The predicted octanol–water partition coefficient (Wildman–Crippen LogP) is -0.160. The van der Waals surface area contributed by atoms with Gasteiger partial charge in [0.25, 0.3) is 0 Å². The van der Waals surface area contributed by atoms with Gasteiger partial charge in [0, 0.05) is 12.6 Å². The molecule has 1 rings (SSSR count). The lowest BCUT2D eigenvalue weighted by atomic mass is 10.2. The topological polar surface area (TPSA) is 69.2 Å². The van der Waals surface area contributed by atoms with Gasteiger partial charge in [-0.25, -0.2) is 8.42 Å². The quantitative estimate of drug-likeness (QED) is 0.494. The van der Waals surface area contributed by atoms with Gasteiger partial charge in [-0.1, -0.05) is 12.2 Å². The standard InChI is InChI=1S/C7H13NO3S/c9-12(10,11)6-5-8-7-3-1-2-4-7/h1-2,7-8H,3-6H2,(H,9,10,11)/p-1. The molecule has 0 spiro atoms. The molecule has 0 radical (unpaired) electrons. The van der Waals surface area contributed by atoms with Crippen molar-refractivity contribution < 1.29 is 13.0 Å². The number of nitrogens with one attached hydrogen (secondary N) is 1. The van der Waals surface area contributed by atoms with Crippen molar-refractivity contribution in [1.29, 1.82) is 0 Å². The molecule has 12 heavy (non-hydrogen) atoms. The smallest absolute Gasteiger partial charge is 0.0958 e. The molecular weight excluding hydrogens is 178 g/mol. The van der Waals surface area contributed by atoms with E-state index in [9.17, 15) is 13.0 Å². The summed E-state index contributed by atoms with van der Waals surface area (Å²) < 4.78 is 30.6. The van der Waals surface area contributed by atoms with Crippen LogP contribution in [-0.2, 0) is 10.1 Å². The molecule has 1 N–H and O–H groups in total. The molecule has 0 amide bonds.